The van der Waals surface area contributed by atoms with E-state index in [9.17, 15) is 0 Å². The lowest BCUT2D eigenvalue weighted by molar-refractivity contribution is 0.669. The van der Waals surface area contributed by atoms with Crippen LogP contribution in [0.5, 0.6) is 0 Å². The summed E-state index contributed by atoms with van der Waals surface area (Å²) in [4.78, 5) is 10.4. The Hall–Kier alpha value is -6.78. The first-order chi connectivity index (χ1) is 25.3. The van der Waals surface area contributed by atoms with Gasteiger partial charge in [0.2, 0.25) is 0 Å². The molecule has 1 aromatic heterocycles. The Morgan fingerprint density at radius 1 is 0.412 bits per heavy atom. The molecule has 240 valence electrons. The van der Waals surface area contributed by atoms with Crippen molar-refractivity contribution < 1.29 is 4.42 Å². The SMILES string of the molecule is c1ccc(C2=NC(c3ccc(-c4cc(-c5ccc6ccccc6c5)cc5oc6ccccc6c45)c4ccccc34)N=C(c3ccccc3)N2)cc1. The van der Waals surface area contributed by atoms with Gasteiger partial charge in [0.15, 0.2) is 6.17 Å². The first kappa shape index (κ1) is 29.2. The lowest BCUT2D eigenvalue weighted by Crippen LogP contribution is -2.36. The minimum atomic E-state index is -0.436. The molecule has 0 atom stereocenters. The second-order valence-corrected chi connectivity index (χ2v) is 13.0. The normalized spacial score (nSPS) is 13.4. The van der Waals surface area contributed by atoms with Gasteiger partial charge in [0.25, 0.3) is 0 Å². The highest BCUT2D eigenvalue weighted by Crippen LogP contribution is 2.44. The molecule has 4 nitrogen and oxygen atoms in total. The van der Waals surface area contributed by atoms with Crippen LogP contribution in [0, 0.1) is 0 Å². The molecule has 0 unspecified atom stereocenters. The van der Waals surface area contributed by atoms with Crippen molar-refractivity contribution in [2.45, 2.75) is 6.17 Å². The first-order valence-electron chi connectivity index (χ1n) is 17.3. The summed E-state index contributed by atoms with van der Waals surface area (Å²) in [6, 6.07) is 61.7. The molecule has 2 heterocycles. The summed E-state index contributed by atoms with van der Waals surface area (Å²) in [6.07, 6.45) is -0.436. The minimum absolute atomic E-state index is 0.436. The Morgan fingerprint density at radius 3 is 1.78 bits per heavy atom. The number of nitrogens with zero attached hydrogens (tertiary/aromatic N) is 2. The molecule has 9 aromatic rings. The van der Waals surface area contributed by atoms with Gasteiger partial charge in [0.05, 0.1) is 0 Å². The summed E-state index contributed by atoms with van der Waals surface area (Å²) >= 11 is 0. The average Bonchev–Trinajstić information content (AvgIpc) is 3.59. The third-order valence-corrected chi connectivity index (χ3v) is 9.92. The van der Waals surface area contributed by atoms with Gasteiger partial charge in [-0.05, 0) is 68.1 Å². The third kappa shape index (κ3) is 5.08. The van der Waals surface area contributed by atoms with Gasteiger partial charge < -0.3 is 9.73 Å². The topological polar surface area (TPSA) is 49.9 Å². The molecule has 0 saturated carbocycles. The molecule has 0 spiro atoms. The molecule has 1 N–H and O–H groups in total. The molecular formula is C47H31N3O. The van der Waals surface area contributed by atoms with Crippen LogP contribution in [-0.2, 0) is 0 Å². The molecule has 4 heteroatoms. The fourth-order valence-corrected chi connectivity index (χ4v) is 7.46. The van der Waals surface area contributed by atoms with Crippen molar-refractivity contribution in [2.24, 2.45) is 9.98 Å². The van der Waals surface area contributed by atoms with Crippen molar-refractivity contribution in [3.05, 3.63) is 193 Å². The van der Waals surface area contributed by atoms with Crippen LogP contribution in [0.2, 0.25) is 0 Å². The maximum atomic E-state index is 6.56. The van der Waals surface area contributed by atoms with E-state index in [4.69, 9.17) is 14.4 Å². The second-order valence-electron chi connectivity index (χ2n) is 13.0. The summed E-state index contributed by atoms with van der Waals surface area (Å²) in [7, 11) is 0. The van der Waals surface area contributed by atoms with E-state index in [0.29, 0.717) is 0 Å². The van der Waals surface area contributed by atoms with Gasteiger partial charge in [-0.25, -0.2) is 9.98 Å². The van der Waals surface area contributed by atoms with Gasteiger partial charge in [-0.15, -0.1) is 0 Å². The van der Waals surface area contributed by atoms with E-state index in [1.165, 1.54) is 10.8 Å². The zero-order valence-corrected chi connectivity index (χ0v) is 27.6. The number of rotatable bonds is 5. The van der Waals surface area contributed by atoms with Gasteiger partial charge in [-0.2, -0.15) is 0 Å². The Bertz CT molecular complexity index is 2780. The van der Waals surface area contributed by atoms with Crippen LogP contribution in [0.3, 0.4) is 0 Å². The Morgan fingerprint density at radius 2 is 1.04 bits per heavy atom. The zero-order valence-electron chi connectivity index (χ0n) is 27.6. The molecule has 0 aliphatic carbocycles. The number of hydrogen-bond donors (Lipinski definition) is 1. The van der Waals surface area contributed by atoms with Crippen molar-refractivity contribution in [2.75, 3.05) is 0 Å². The molecule has 51 heavy (non-hydrogen) atoms. The fraction of sp³-hybridized carbons (Fsp3) is 0.0213. The highest BCUT2D eigenvalue weighted by Gasteiger charge is 2.24. The predicted molar refractivity (Wildman–Crippen MR) is 211 cm³/mol. The summed E-state index contributed by atoms with van der Waals surface area (Å²) in [5, 5.41) is 10.4. The van der Waals surface area contributed by atoms with Crippen LogP contribution in [0.1, 0.15) is 22.9 Å². The molecule has 10 rings (SSSR count). The van der Waals surface area contributed by atoms with E-state index in [1.807, 2.05) is 42.5 Å². The number of fused-ring (bicyclic) bond motifs is 5. The van der Waals surface area contributed by atoms with Gasteiger partial charge in [-0.1, -0.05) is 152 Å². The largest absolute Gasteiger partial charge is 0.456 e. The van der Waals surface area contributed by atoms with Crippen molar-refractivity contribution >= 4 is 55.2 Å². The van der Waals surface area contributed by atoms with E-state index in [2.05, 4.69) is 139 Å². The van der Waals surface area contributed by atoms with Crippen LogP contribution >= 0.6 is 0 Å². The highest BCUT2D eigenvalue weighted by atomic mass is 16.3. The van der Waals surface area contributed by atoms with E-state index in [1.54, 1.807) is 0 Å². The maximum absolute atomic E-state index is 6.56. The Labute approximate surface area is 295 Å². The van der Waals surface area contributed by atoms with E-state index in [-0.39, 0.29) is 0 Å². The van der Waals surface area contributed by atoms with E-state index >= 15 is 0 Å². The lowest BCUT2D eigenvalue weighted by Gasteiger charge is -2.23. The molecule has 1 aliphatic heterocycles. The number of aliphatic imine (C=N–C) groups is 2. The van der Waals surface area contributed by atoms with Gasteiger partial charge >= 0.3 is 0 Å². The summed E-state index contributed by atoms with van der Waals surface area (Å²) in [5.74, 6) is 1.61. The second kappa shape index (κ2) is 12.0. The van der Waals surface area contributed by atoms with Crippen LogP contribution in [-0.4, -0.2) is 11.7 Å². The fourth-order valence-electron chi connectivity index (χ4n) is 7.46. The number of nitrogens with one attached hydrogen (secondary N) is 1. The van der Waals surface area contributed by atoms with Crippen LogP contribution in [0.15, 0.2) is 190 Å². The van der Waals surface area contributed by atoms with Gasteiger partial charge in [-0.3, -0.25) is 0 Å². The molecule has 0 amide bonds. The third-order valence-electron chi connectivity index (χ3n) is 9.92. The van der Waals surface area contributed by atoms with Crippen molar-refractivity contribution in [1.82, 2.24) is 5.32 Å². The molecular weight excluding hydrogens is 623 g/mol. The predicted octanol–water partition coefficient (Wildman–Crippen LogP) is 11.7. The van der Waals surface area contributed by atoms with Crippen LogP contribution < -0.4 is 5.32 Å². The maximum Gasteiger partial charge on any atom is 0.170 e. The minimum Gasteiger partial charge on any atom is -0.456 e. The molecule has 0 bridgehead atoms. The number of para-hydroxylation sites is 1. The summed E-state index contributed by atoms with van der Waals surface area (Å²) in [6.45, 7) is 0. The van der Waals surface area contributed by atoms with Crippen molar-refractivity contribution in [1.29, 1.82) is 0 Å². The Kier molecular flexibility index (Phi) is 6.85. The number of hydrogen-bond acceptors (Lipinski definition) is 4. The van der Waals surface area contributed by atoms with E-state index in [0.717, 1.165) is 83.3 Å². The van der Waals surface area contributed by atoms with Crippen LogP contribution in [0.4, 0.5) is 0 Å². The Balaban J connectivity index is 1.19. The standard InChI is InChI=1S/C47H31N3O/c1-3-14-31(15-4-1)45-48-46(32-16-5-2-6-17-32)50-47(49-45)39-26-25-38(36-19-9-10-20-37(36)39)41-28-35(34-24-23-30-13-7-8-18-33(30)27-34)29-43-44(41)40-21-11-12-22-42(40)51-43/h1-29,47H,(H,48,49,50). The molecule has 0 radical (unpaired) electrons. The lowest BCUT2D eigenvalue weighted by atomic mass is 9.89. The summed E-state index contributed by atoms with van der Waals surface area (Å²) < 4.78 is 6.56. The van der Waals surface area contributed by atoms with Gasteiger partial charge in [0.1, 0.15) is 22.8 Å². The van der Waals surface area contributed by atoms with Crippen LogP contribution in [0.25, 0.3) is 65.7 Å². The number of benzene rings is 8. The molecule has 8 aromatic carbocycles. The van der Waals surface area contributed by atoms with Crippen molar-refractivity contribution in [3.63, 3.8) is 0 Å². The number of amidine groups is 2. The highest BCUT2D eigenvalue weighted by molar-refractivity contribution is 6.18. The quantitative estimate of drug-likeness (QED) is 0.201. The van der Waals surface area contributed by atoms with E-state index < -0.39 is 6.17 Å². The van der Waals surface area contributed by atoms with Gasteiger partial charge in [0, 0.05) is 27.5 Å². The average molecular weight is 654 g/mol. The molecule has 0 saturated heterocycles. The van der Waals surface area contributed by atoms with Crippen molar-refractivity contribution in [3.8, 4) is 22.3 Å². The summed E-state index contributed by atoms with van der Waals surface area (Å²) in [5.41, 5.74) is 9.39. The number of furan rings is 1. The monoisotopic (exact) mass is 653 g/mol. The first-order valence-corrected chi connectivity index (χ1v) is 17.3. The molecule has 1 aliphatic rings. The smallest absolute Gasteiger partial charge is 0.170 e. The molecule has 0 fully saturated rings. The zero-order chi connectivity index (χ0) is 33.7.